The van der Waals surface area contributed by atoms with Gasteiger partial charge in [-0.15, -0.1) is 0 Å². The van der Waals surface area contributed by atoms with E-state index in [-0.39, 0.29) is 0 Å². The van der Waals surface area contributed by atoms with Crippen LogP contribution in [0.1, 0.15) is 0 Å². The van der Waals surface area contributed by atoms with Gasteiger partial charge in [0.2, 0.25) is 0 Å². The van der Waals surface area contributed by atoms with Crippen LogP contribution in [0.3, 0.4) is 0 Å². The Morgan fingerprint density at radius 3 is 1.80 bits per heavy atom. The summed E-state index contributed by atoms with van der Waals surface area (Å²) >= 11 is 0. The second kappa shape index (κ2) is 11.5. The average molecular weight is 637 g/mol. The molecule has 0 saturated carbocycles. The molecule has 2 heteroatoms. The Morgan fingerprint density at radius 2 is 0.960 bits per heavy atom. The molecule has 0 aliphatic heterocycles. The Morgan fingerprint density at radius 1 is 0.340 bits per heavy atom. The molecule has 0 N–H and O–H groups in total. The maximum absolute atomic E-state index is 2.41. The quantitative estimate of drug-likeness (QED) is 0.171. The molecule has 0 spiro atoms. The fourth-order valence-corrected chi connectivity index (χ4v) is 7.78. The molecule has 0 amide bonds. The molecular weight excluding hydrogens is 605 g/mol. The standard InChI is InChI=1S/C48H32N2/c1-2-12-33(13-3-1)43-18-8-10-20-46(43)49(40-28-29-42-37(30-40)23-22-34-14-6-7-17-41(34)42)38-24-26-39(27-25-38)50-47-21-11-9-19-44(47)45-31-35-15-4-5-16-36(35)32-48(45)50/h1-32H. The minimum Gasteiger partial charge on any atom is -0.310 e. The predicted octanol–water partition coefficient (Wildman–Crippen LogP) is 13.4. The van der Waals surface area contributed by atoms with Gasteiger partial charge in [0.1, 0.15) is 0 Å². The van der Waals surface area contributed by atoms with Crippen LogP contribution in [0.5, 0.6) is 0 Å². The van der Waals surface area contributed by atoms with Crippen LogP contribution < -0.4 is 4.90 Å². The first kappa shape index (κ1) is 28.4. The average Bonchev–Trinajstić information content (AvgIpc) is 3.51. The smallest absolute Gasteiger partial charge is 0.0547 e. The van der Waals surface area contributed by atoms with Gasteiger partial charge in [0.25, 0.3) is 0 Å². The summed E-state index contributed by atoms with van der Waals surface area (Å²) in [5.74, 6) is 0. The summed E-state index contributed by atoms with van der Waals surface area (Å²) < 4.78 is 2.41. The zero-order valence-electron chi connectivity index (χ0n) is 27.4. The molecule has 234 valence electrons. The number of fused-ring (bicyclic) bond motifs is 7. The van der Waals surface area contributed by atoms with E-state index in [4.69, 9.17) is 0 Å². The Hall–Kier alpha value is -6.64. The molecule has 0 aliphatic rings. The molecule has 1 aromatic heterocycles. The lowest BCUT2D eigenvalue weighted by Crippen LogP contribution is -2.11. The first-order chi connectivity index (χ1) is 24.8. The van der Waals surface area contributed by atoms with Crippen LogP contribution in [0, 0.1) is 0 Å². The maximum atomic E-state index is 2.41. The van der Waals surface area contributed by atoms with Gasteiger partial charge in [0.05, 0.1) is 16.7 Å². The van der Waals surface area contributed by atoms with Crippen molar-refractivity contribution in [3.63, 3.8) is 0 Å². The monoisotopic (exact) mass is 636 g/mol. The van der Waals surface area contributed by atoms with E-state index in [9.17, 15) is 0 Å². The SMILES string of the molecule is c1ccc(-c2ccccc2N(c2ccc(-n3c4ccccc4c4cc5ccccc5cc43)cc2)c2ccc3c(ccc4ccccc43)c2)cc1. The van der Waals surface area contributed by atoms with Crippen LogP contribution >= 0.6 is 0 Å². The summed E-state index contributed by atoms with van der Waals surface area (Å²) in [6, 6.07) is 70.5. The third-order valence-corrected chi connectivity index (χ3v) is 10.1. The topological polar surface area (TPSA) is 8.17 Å². The Bertz CT molecular complexity index is 2860. The summed E-state index contributed by atoms with van der Waals surface area (Å²) in [5, 5.41) is 10.0. The molecule has 0 saturated heterocycles. The first-order valence-corrected chi connectivity index (χ1v) is 17.2. The highest BCUT2D eigenvalue weighted by Crippen LogP contribution is 2.43. The molecule has 0 fully saturated rings. The lowest BCUT2D eigenvalue weighted by atomic mass is 9.99. The third kappa shape index (κ3) is 4.57. The van der Waals surface area contributed by atoms with E-state index in [0.29, 0.717) is 0 Å². The zero-order valence-corrected chi connectivity index (χ0v) is 27.4. The zero-order chi connectivity index (χ0) is 33.0. The van der Waals surface area contributed by atoms with Crippen molar-refractivity contribution in [1.29, 1.82) is 0 Å². The van der Waals surface area contributed by atoms with Gasteiger partial charge in [0.15, 0.2) is 0 Å². The van der Waals surface area contributed by atoms with Crippen molar-refractivity contribution in [3.05, 3.63) is 194 Å². The summed E-state index contributed by atoms with van der Waals surface area (Å²) in [6.07, 6.45) is 0. The first-order valence-electron chi connectivity index (χ1n) is 17.2. The second-order valence-corrected chi connectivity index (χ2v) is 13.0. The summed E-state index contributed by atoms with van der Waals surface area (Å²) in [5.41, 5.74) is 9.28. The summed E-state index contributed by atoms with van der Waals surface area (Å²) in [6.45, 7) is 0. The van der Waals surface area contributed by atoms with Gasteiger partial charge < -0.3 is 9.47 Å². The minimum atomic E-state index is 1.10. The Kier molecular flexibility index (Phi) is 6.53. The van der Waals surface area contributed by atoms with E-state index in [1.807, 2.05) is 0 Å². The van der Waals surface area contributed by atoms with E-state index in [0.717, 1.165) is 22.7 Å². The molecule has 10 aromatic rings. The number of para-hydroxylation sites is 2. The number of nitrogens with zero attached hydrogens (tertiary/aromatic N) is 2. The second-order valence-electron chi connectivity index (χ2n) is 13.0. The molecule has 0 radical (unpaired) electrons. The third-order valence-electron chi connectivity index (χ3n) is 10.1. The van der Waals surface area contributed by atoms with Crippen LogP contribution in [-0.4, -0.2) is 4.57 Å². The maximum Gasteiger partial charge on any atom is 0.0547 e. The van der Waals surface area contributed by atoms with Crippen molar-refractivity contribution >= 4 is 71.2 Å². The van der Waals surface area contributed by atoms with E-state index in [1.165, 1.54) is 65.3 Å². The summed E-state index contributed by atoms with van der Waals surface area (Å²) in [7, 11) is 0. The van der Waals surface area contributed by atoms with Crippen LogP contribution in [-0.2, 0) is 0 Å². The number of benzene rings is 9. The lowest BCUT2D eigenvalue weighted by molar-refractivity contribution is 1.17. The number of rotatable bonds is 5. The van der Waals surface area contributed by atoms with E-state index >= 15 is 0 Å². The van der Waals surface area contributed by atoms with Crippen LogP contribution in [0.25, 0.3) is 70.9 Å². The predicted molar refractivity (Wildman–Crippen MR) is 213 cm³/mol. The fourth-order valence-electron chi connectivity index (χ4n) is 7.78. The van der Waals surface area contributed by atoms with Gasteiger partial charge in [-0.3, -0.25) is 0 Å². The van der Waals surface area contributed by atoms with Crippen LogP contribution in [0.2, 0.25) is 0 Å². The minimum absolute atomic E-state index is 1.10. The van der Waals surface area contributed by atoms with Crippen molar-refractivity contribution in [2.24, 2.45) is 0 Å². The normalized spacial score (nSPS) is 11.6. The highest BCUT2D eigenvalue weighted by atomic mass is 15.1. The Balaban J connectivity index is 1.17. The Labute approximate surface area is 290 Å². The van der Waals surface area contributed by atoms with E-state index in [1.54, 1.807) is 0 Å². The van der Waals surface area contributed by atoms with Crippen molar-refractivity contribution in [2.45, 2.75) is 0 Å². The highest BCUT2D eigenvalue weighted by molar-refractivity contribution is 6.14. The van der Waals surface area contributed by atoms with Gasteiger partial charge >= 0.3 is 0 Å². The molecule has 50 heavy (non-hydrogen) atoms. The molecule has 9 aromatic carbocycles. The highest BCUT2D eigenvalue weighted by Gasteiger charge is 2.19. The molecule has 0 unspecified atom stereocenters. The number of anilines is 3. The van der Waals surface area contributed by atoms with Gasteiger partial charge in [-0.05, 0) is 98.5 Å². The number of hydrogen-bond donors (Lipinski definition) is 0. The molecular formula is C48H32N2. The number of hydrogen-bond acceptors (Lipinski definition) is 1. The van der Waals surface area contributed by atoms with Gasteiger partial charge in [-0.1, -0.05) is 133 Å². The van der Waals surface area contributed by atoms with Gasteiger partial charge in [0, 0.05) is 33.4 Å². The molecule has 0 atom stereocenters. The van der Waals surface area contributed by atoms with Crippen LogP contribution in [0.4, 0.5) is 17.1 Å². The molecule has 2 nitrogen and oxygen atoms in total. The molecule has 0 bridgehead atoms. The van der Waals surface area contributed by atoms with E-state index in [2.05, 4.69) is 204 Å². The summed E-state index contributed by atoms with van der Waals surface area (Å²) in [4.78, 5) is 2.40. The van der Waals surface area contributed by atoms with Gasteiger partial charge in [-0.25, -0.2) is 0 Å². The van der Waals surface area contributed by atoms with E-state index < -0.39 is 0 Å². The molecule has 10 rings (SSSR count). The largest absolute Gasteiger partial charge is 0.310 e. The van der Waals surface area contributed by atoms with Crippen molar-refractivity contribution in [2.75, 3.05) is 4.90 Å². The molecule has 0 aliphatic carbocycles. The molecule has 1 heterocycles. The van der Waals surface area contributed by atoms with Crippen molar-refractivity contribution < 1.29 is 0 Å². The number of aromatic nitrogens is 1. The van der Waals surface area contributed by atoms with Crippen molar-refractivity contribution in [3.8, 4) is 16.8 Å². The van der Waals surface area contributed by atoms with Crippen molar-refractivity contribution in [1.82, 2.24) is 4.57 Å². The lowest BCUT2D eigenvalue weighted by Gasteiger charge is -2.28. The fraction of sp³-hybridized carbons (Fsp3) is 0. The van der Waals surface area contributed by atoms with Gasteiger partial charge in [-0.2, -0.15) is 0 Å². The van der Waals surface area contributed by atoms with Crippen LogP contribution in [0.15, 0.2) is 194 Å².